The number of nitrogen functional groups attached to an aromatic ring is 1. The van der Waals surface area contributed by atoms with Crippen molar-refractivity contribution in [2.24, 2.45) is 0 Å². The van der Waals surface area contributed by atoms with E-state index in [0.717, 1.165) is 5.56 Å². The molecule has 0 saturated heterocycles. The second kappa shape index (κ2) is 5.31. The molecule has 2 aromatic heterocycles. The van der Waals surface area contributed by atoms with Crippen LogP contribution in [-0.2, 0) is 6.54 Å². The Morgan fingerprint density at radius 1 is 1.56 bits per heavy atom. The molecule has 2 heterocycles. The zero-order valence-electron chi connectivity index (χ0n) is 10.1. The van der Waals surface area contributed by atoms with Crippen LogP contribution in [-0.4, -0.2) is 27.2 Å². The molecule has 0 aliphatic heterocycles. The van der Waals surface area contributed by atoms with Gasteiger partial charge >= 0.3 is 0 Å². The van der Waals surface area contributed by atoms with Crippen LogP contribution in [0, 0.1) is 6.92 Å². The van der Waals surface area contributed by atoms with E-state index in [1.54, 1.807) is 29.3 Å². The number of carbonyl (C=O) groups is 1. The minimum atomic E-state index is -0.173. The molecule has 2 rings (SSSR count). The van der Waals surface area contributed by atoms with Crippen LogP contribution in [0.2, 0.25) is 0 Å². The average molecular weight is 245 g/mol. The normalized spacial score (nSPS) is 10.3. The summed E-state index contributed by atoms with van der Waals surface area (Å²) in [5.74, 6) is -0.173. The Balaban J connectivity index is 1.87. The third-order valence-electron chi connectivity index (χ3n) is 2.50. The van der Waals surface area contributed by atoms with Crippen molar-refractivity contribution in [2.75, 3.05) is 12.3 Å². The maximum Gasteiger partial charge on any atom is 0.270 e. The molecule has 0 bridgehead atoms. The summed E-state index contributed by atoms with van der Waals surface area (Å²) in [6.45, 7) is 2.92. The number of nitrogens with two attached hydrogens (primary N) is 1. The highest BCUT2D eigenvalue weighted by molar-refractivity contribution is 5.93. The molecule has 6 heteroatoms. The summed E-state index contributed by atoms with van der Waals surface area (Å²) in [7, 11) is 0. The van der Waals surface area contributed by atoms with E-state index in [0.29, 0.717) is 24.5 Å². The number of amides is 1. The fraction of sp³-hybridized carbons (Fsp3) is 0.250. The molecule has 1 amide bonds. The van der Waals surface area contributed by atoms with Crippen LogP contribution < -0.4 is 11.1 Å². The van der Waals surface area contributed by atoms with Crippen LogP contribution in [0.25, 0.3) is 0 Å². The first kappa shape index (κ1) is 12.1. The quantitative estimate of drug-likeness (QED) is 0.825. The Hall–Kier alpha value is -2.37. The van der Waals surface area contributed by atoms with Crippen molar-refractivity contribution in [3.63, 3.8) is 0 Å². The average Bonchev–Trinajstić information content (AvgIpc) is 2.75. The molecule has 3 N–H and O–H groups in total. The molecule has 0 fully saturated rings. The van der Waals surface area contributed by atoms with Gasteiger partial charge < -0.3 is 11.1 Å². The van der Waals surface area contributed by atoms with Crippen LogP contribution in [0.15, 0.2) is 30.7 Å². The van der Waals surface area contributed by atoms with Gasteiger partial charge in [-0.2, -0.15) is 5.10 Å². The fourth-order valence-corrected chi connectivity index (χ4v) is 1.59. The summed E-state index contributed by atoms with van der Waals surface area (Å²) in [6.07, 6.45) is 4.90. The molecule has 18 heavy (non-hydrogen) atoms. The van der Waals surface area contributed by atoms with E-state index in [-0.39, 0.29) is 5.91 Å². The zero-order chi connectivity index (χ0) is 13.0. The maximum atomic E-state index is 11.8. The van der Waals surface area contributed by atoms with Crippen LogP contribution in [0.1, 0.15) is 16.1 Å². The van der Waals surface area contributed by atoms with Crippen LogP contribution in [0.3, 0.4) is 0 Å². The highest BCUT2D eigenvalue weighted by Gasteiger charge is 2.08. The molecule has 0 saturated carbocycles. The van der Waals surface area contributed by atoms with Crippen molar-refractivity contribution >= 4 is 11.6 Å². The Labute approximate surface area is 105 Å². The summed E-state index contributed by atoms with van der Waals surface area (Å²) >= 11 is 0. The fourth-order valence-electron chi connectivity index (χ4n) is 1.59. The largest absolute Gasteiger partial charge is 0.396 e. The molecule has 0 aliphatic rings. The van der Waals surface area contributed by atoms with E-state index in [1.807, 2.05) is 13.0 Å². The van der Waals surface area contributed by atoms with Gasteiger partial charge in [-0.05, 0) is 18.6 Å². The molecule has 0 radical (unpaired) electrons. The van der Waals surface area contributed by atoms with Crippen LogP contribution in [0.5, 0.6) is 0 Å². The summed E-state index contributed by atoms with van der Waals surface area (Å²) in [5.41, 5.74) is 7.47. The number of rotatable bonds is 4. The van der Waals surface area contributed by atoms with Gasteiger partial charge in [-0.25, -0.2) is 0 Å². The number of nitrogens with zero attached hydrogens (tertiary/aromatic N) is 3. The second-order valence-corrected chi connectivity index (χ2v) is 3.96. The SMILES string of the molecule is Cc1cccnc1C(=O)NCCn1cc(N)cn1. The van der Waals surface area contributed by atoms with Gasteiger partial charge in [0.1, 0.15) is 5.69 Å². The van der Waals surface area contributed by atoms with Gasteiger partial charge in [-0.1, -0.05) is 6.07 Å². The lowest BCUT2D eigenvalue weighted by molar-refractivity contribution is 0.0946. The summed E-state index contributed by atoms with van der Waals surface area (Å²) < 4.78 is 1.68. The first-order valence-corrected chi connectivity index (χ1v) is 5.64. The Kier molecular flexibility index (Phi) is 3.57. The molecule has 0 aliphatic carbocycles. The maximum absolute atomic E-state index is 11.8. The Morgan fingerprint density at radius 2 is 2.39 bits per heavy atom. The molecule has 6 nitrogen and oxygen atoms in total. The lowest BCUT2D eigenvalue weighted by Crippen LogP contribution is -2.28. The molecule has 0 atom stereocenters. The summed E-state index contributed by atoms with van der Waals surface area (Å²) in [6, 6.07) is 3.66. The summed E-state index contributed by atoms with van der Waals surface area (Å²) in [5, 5.41) is 6.82. The zero-order valence-corrected chi connectivity index (χ0v) is 10.1. The van der Waals surface area contributed by atoms with Gasteiger partial charge in [0, 0.05) is 18.9 Å². The van der Waals surface area contributed by atoms with Gasteiger partial charge in [0.2, 0.25) is 0 Å². The first-order valence-electron chi connectivity index (χ1n) is 5.64. The lowest BCUT2D eigenvalue weighted by atomic mass is 10.2. The van der Waals surface area contributed by atoms with Crippen LogP contribution >= 0.6 is 0 Å². The van der Waals surface area contributed by atoms with Crippen molar-refractivity contribution in [1.82, 2.24) is 20.1 Å². The van der Waals surface area contributed by atoms with Gasteiger partial charge in [0.05, 0.1) is 18.4 Å². The predicted molar refractivity (Wildman–Crippen MR) is 67.9 cm³/mol. The van der Waals surface area contributed by atoms with E-state index in [4.69, 9.17) is 5.73 Å². The third kappa shape index (κ3) is 2.85. The topological polar surface area (TPSA) is 85.8 Å². The molecule has 0 aromatic carbocycles. The van der Waals surface area contributed by atoms with Gasteiger partial charge in [-0.15, -0.1) is 0 Å². The molecule has 0 spiro atoms. The minimum Gasteiger partial charge on any atom is -0.396 e. The van der Waals surface area contributed by atoms with Crippen molar-refractivity contribution in [3.05, 3.63) is 42.0 Å². The van der Waals surface area contributed by atoms with Crippen molar-refractivity contribution < 1.29 is 4.79 Å². The number of hydrogen-bond donors (Lipinski definition) is 2. The van der Waals surface area contributed by atoms with E-state index >= 15 is 0 Å². The second-order valence-electron chi connectivity index (χ2n) is 3.96. The predicted octanol–water partition coefficient (Wildman–Crippen LogP) is 0.599. The highest BCUT2D eigenvalue weighted by atomic mass is 16.1. The number of aromatic nitrogens is 3. The number of pyridine rings is 1. The monoisotopic (exact) mass is 245 g/mol. The smallest absolute Gasteiger partial charge is 0.270 e. The molecule has 2 aromatic rings. The minimum absolute atomic E-state index is 0.173. The molecular formula is C12H15N5O. The van der Waals surface area contributed by atoms with Crippen LogP contribution in [0.4, 0.5) is 5.69 Å². The number of aryl methyl sites for hydroxylation is 1. The highest BCUT2D eigenvalue weighted by Crippen LogP contribution is 2.02. The van der Waals surface area contributed by atoms with Crippen molar-refractivity contribution in [3.8, 4) is 0 Å². The Morgan fingerprint density at radius 3 is 3.06 bits per heavy atom. The van der Waals surface area contributed by atoms with Gasteiger partial charge in [0.25, 0.3) is 5.91 Å². The number of hydrogen-bond acceptors (Lipinski definition) is 4. The Bertz CT molecular complexity index is 549. The summed E-state index contributed by atoms with van der Waals surface area (Å²) in [4.78, 5) is 15.9. The standard InChI is InChI=1S/C12H15N5O/c1-9-3-2-4-14-11(9)12(18)15-5-6-17-8-10(13)7-16-17/h2-4,7-8H,5-6,13H2,1H3,(H,15,18). The lowest BCUT2D eigenvalue weighted by Gasteiger charge is -2.06. The molecule has 0 unspecified atom stereocenters. The number of nitrogens with one attached hydrogen (secondary N) is 1. The number of carbonyl (C=O) groups excluding carboxylic acids is 1. The van der Waals surface area contributed by atoms with E-state index in [2.05, 4.69) is 15.4 Å². The van der Waals surface area contributed by atoms with Gasteiger partial charge in [-0.3, -0.25) is 14.5 Å². The molecule has 94 valence electrons. The molecular weight excluding hydrogens is 230 g/mol. The van der Waals surface area contributed by atoms with E-state index in [9.17, 15) is 4.79 Å². The van der Waals surface area contributed by atoms with E-state index in [1.165, 1.54) is 0 Å². The van der Waals surface area contributed by atoms with Crippen molar-refractivity contribution in [1.29, 1.82) is 0 Å². The number of anilines is 1. The van der Waals surface area contributed by atoms with Crippen molar-refractivity contribution in [2.45, 2.75) is 13.5 Å². The van der Waals surface area contributed by atoms with Gasteiger partial charge in [0.15, 0.2) is 0 Å². The third-order valence-corrected chi connectivity index (χ3v) is 2.50. The first-order chi connectivity index (χ1) is 8.66. The van der Waals surface area contributed by atoms with E-state index < -0.39 is 0 Å².